The SMILES string of the molecule is COC(=O)c1c(OC(F)(F)F)c(CN)c[nH]c1=O. The van der Waals surface area contributed by atoms with Crippen LogP contribution in [-0.4, -0.2) is 24.4 Å². The number of nitrogens with two attached hydrogens (primary N) is 1. The van der Waals surface area contributed by atoms with E-state index < -0.39 is 29.2 Å². The summed E-state index contributed by atoms with van der Waals surface area (Å²) < 4.78 is 44.5. The quantitative estimate of drug-likeness (QED) is 0.778. The van der Waals surface area contributed by atoms with Gasteiger partial charge >= 0.3 is 12.3 Å². The van der Waals surface area contributed by atoms with Gasteiger partial charge in [0.05, 0.1) is 7.11 Å². The predicted octanol–water partition coefficient (Wildman–Crippen LogP) is 0.519. The maximum Gasteiger partial charge on any atom is 0.573 e. The van der Waals surface area contributed by atoms with Gasteiger partial charge < -0.3 is 20.2 Å². The Labute approximate surface area is 98.5 Å². The van der Waals surface area contributed by atoms with Gasteiger partial charge in [-0.15, -0.1) is 13.2 Å². The number of esters is 1. The molecule has 6 nitrogen and oxygen atoms in total. The molecule has 0 unspecified atom stereocenters. The Morgan fingerprint density at radius 3 is 2.56 bits per heavy atom. The van der Waals surface area contributed by atoms with Gasteiger partial charge in [0.15, 0.2) is 11.3 Å². The first kappa shape index (κ1) is 14.0. The number of aromatic amines is 1. The summed E-state index contributed by atoms with van der Waals surface area (Å²) in [5.74, 6) is -2.19. The zero-order valence-electron chi connectivity index (χ0n) is 9.13. The predicted molar refractivity (Wildman–Crippen MR) is 53.0 cm³/mol. The van der Waals surface area contributed by atoms with E-state index in [9.17, 15) is 22.8 Å². The highest BCUT2D eigenvalue weighted by atomic mass is 19.4. The number of methoxy groups -OCH3 is 1. The molecule has 0 saturated heterocycles. The van der Waals surface area contributed by atoms with Gasteiger partial charge in [0, 0.05) is 18.3 Å². The summed E-state index contributed by atoms with van der Waals surface area (Å²) in [4.78, 5) is 24.7. The van der Waals surface area contributed by atoms with Crippen LogP contribution in [0.4, 0.5) is 13.2 Å². The number of alkyl halides is 3. The highest BCUT2D eigenvalue weighted by Crippen LogP contribution is 2.28. The lowest BCUT2D eigenvalue weighted by atomic mass is 10.1. The van der Waals surface area contributed by atoms with Crippen molar-refractivity contribution in [2.75, 3.05) is 7.11 Å². The van der Waals surface area contributed by atoms with Crippen LogP contribution in [0, 0.1) is 0 Å². The summed E-state index contributed by atoms with van der Waals surface area (Å²) in [5, 5.41) is 0. The Bertz CT molecular complexity index is 510. The van der Waals surface area contributed by atoms with Gasteiger partial charge in [-0.3, -0.25) is 4.79 Å². The van der Waals surface area contributed by atoms with Crippen LogP contribution >= 0.6 is 0 Å². The number of hydrogen-bond donors (Lipinski definition) is 2. The number of pyridine rings is 1. The third kappa shape index (κ3) is 3.00. The Morgan fingerprint density at radius 2 is 2.11 bits per heavy atom. The Hall–Kier alpha value is -2.03. The van der Waals surface area contributed by atoms with E-state index in [1.807, 2.05) is 0 Å². The molecular formula is C9H9F3N2O4. The van der Waals surface area contributed by atoms with Crippen LogP contribution in [0.15, 0.2) is 11.0 Å². The van der Waals surface area contributed by atoms with Crippen LogP contribution in [0.5, 0.6) is 5.75 Å². The Kier molecular flexibility index (Phi) is 3.96. The maximum absolute atomic E-state index is 12.2. The van der Waals surface area contributed by atoms with Crippen molar-refractivity contribution < 1.29 is 27.4 Å². The second-order valence-corrected chi connectivity index (χ2v) is 3.09. The summed E-state index contributed by atoms with van der Waals surface area (Å²) in [5.41, 5.74) is 3.10. The number of ether oxygens (including phenoxy) is 2. The summed E-state index contributed by atoms with van der Waals surface area (Å²) in [6, 6.07) is 0. The molecule has 0 aromatic carbocycles. The van der Waals surface area contributed by atoms with E-state index in [-0.39, 0.29) is 12.1 Å². The molecule has 0 bridgehead atoms. The second kappa shape index (κ2) is 5.08. The van der Waals surface area contributed by atoms with E-state index in [2.05, 4.69) is 14.5 Å². The van der Waals surface area contributed by atoms with E-state index >= 15 is 0 Å². The summed E-state index contributed by atoms with van der Waals surface area (Å²) in [6.07, 6.45) is -4.11. The molecule has 0 aliphatic carbocycles. The highest BCUT2D eigenvalue weighted by molar-refractivity contribution is 5.92. The van der Waals surface area contributed by atoms with Crippen molar-refractivity contribution in [1.29, 1.82) is 0 Å². The third-order valence-corrected chi connectivity index (χ3v) is 1.95. The molecule has 1 aromatic heterocycles. The molecule has 1 rings (SSSR count). The van der Waals surface area contributed by atoms with Crippen molar-refractivity contribution in [3.63, 3.8) is 0 Å². The number of aromatic nitrogens is 1. The molecule has 18 heavy (non-hydrogen) atoms. The lowest BCUT2D eigenvalue weighted by molar-refractivity contribution is -0.275. The zero-order valence-corrected chi connectivity index (χ0v) is 9.13. The van der Waals surface area contributed by atoms with Crippen molar-refractivity contribution in [3.8, 4) is 5.75 Å². The minimum absolute atomic E-state index is 0.174. The van der Waals surface area contributed by atoms with Gasteiger partial charge in [-0.1, -0.05) is 0 Å². The third-order valence-electron chi connectivity index (χ3n) is 1.95. The van der Waals surface area contributed by atoms with Gasteiger partial charge in [-0.05, 0) is 0 Å². The lowest BCUT2D eigenvalue weighted by Crippen LogP contribution is -2.27. The fraction of sp³-hybridized carbons (Fsp3) is 0.333. The molecule has 0 aliphatic rings. The van der Waals surface area contributed by atoms with Crippen molar-refractivity contribution in [2.24, 2.45) is 5.73 Å². The van der Waals surface area contributed by atoms with Crippen molar-refractivity contribution in [2.45, 2.75) is 12.9 Å². The number of nitrogens with one attached hydrogen (secondary N) is 1. The van der Waals surface area contributed by atoms with Gasteiger partial charge in [0.2, 0.25) is 0 Å². The standard InChI is InChI=1S/C9H9F3N2O4/c1-17-8(16)5-6(18-9(10,11)12)4(2-13)3-14-7(5)15/h3H,2,13H2,1H3,(H,14,15). The van der Waals surface area contributed by atoms with Crippen LogP contribution in [0.1, 0.15) is 15.9 Å². The fourth-order valence-corrected chi connectivity index (χ4v) is 1.23. The fourth-order valence-electron chi connectivity index (χ4n) is 1.23. The van der Waals surface area contributed by atoms with Crippen molar-refractivity contribution in [3.05, 3.63) is 27.7 Å². The zero-order chi connectivity index (χ0) is 13.9. The van der Waals surface area contributed by atoms with E-state index in [1.165, 1.54) is 0 Å². The van der Waals surface area contributed by atoms with Crippen molar-refractivity contribution in [1.82, 2.24) is 4.98 Å². The van der Waals surface area contributed by atoms with Gasteiger partial charge in [-0.25, -0.2) is 4.79 Å². The summed E-state index contributed by atoms with van der Waals surface area (Å²) in [7, 11) is 0.925. The van der Waals surface area contributed by atoms with E-state index in [0.717, 1.165) is 13.3 Å². The second-order valence-electron chi connectivity index (χ2n) is 3.09. The smallest absolute Gasteiger partial charge is 0.465 e. The lowest BCUT2D eigenvalue weighted by Gasteiger charge is -2.14. The maximum atomic E-state index is 12.2. The molecule has 1 aromatic rings. The number of halogens is 3. The Balaban J connectivity index is 3.46. The first-order chi connectivity index (χ1) is 8.30. The van der Waals surface area contributed by atoms with Crippen molar-refractivity contribution >= 4 is 5.97 Å². The molecule has 0 atom stereocenters. The van der Waals surface area contributed by atoms with E-state index in [0.29, 0.717) is 0 Å². The highest BCUT2D eigenvalue weighted by Gasteiger charge is 2.35. The van der Waals surface area contributed by atoms with Crippen LogP contribution < -0.4 is 16.0 Å². The average Bonchev–Trinajstić information content (AvgIpc) is 2.27. The molecule has 0 fully saturated rings. The van der Waals surface area contributed by atoms with Crippen LogP contribution in [0.25, 0.3) is 0 Å². The molecule has 3 N–H and O–H groups in total. The average molecular weight is 266 g/mol. The molecule has 0 amide bonds. The normalized spacial score (nSPS) is 11.2. The number of carbonyl (C=O) groups excluding carboxylic acids is 1. The molecule has 0 spiro atoms. The topological polar surface area (TPSA) is 94.4 Å². The van der Waals surface area contributed by atoms with Gasteiger partial charge in [0.25, 0.3) is 5.56 Å². The minimum Gasteiger partial charge on any atom is -0.465 e. The first-order valence-electron chi connectivity index (χ1n) is 4.58. The molecule has 1 heterocycles. The summed E-state index contributed by atoms with van der Waals surface area (Å²) in [6.45, 7) is -0.355. The molecule has 100 valence electrons. The number of hydrogen-bond acceptors (Lipinski definition) is 5. The van der Waals surface area contributed by atoms with Gasteiger partial charge in [0.1, 0.15) is 0 Å². The molecule has 0 saturated carbocycles. The molecule has 0 radical (unpaired) electrons. The number of rotatable bonds is 3. The molecule has 9 heteroatoms. The largest absolute Gasteiger partial charge is 0.573 e. The van der Waals surface area contributed by atoms with Gasteiger partial charge in [-0.2, -0.15) is 0 Å². The van der Waals surface area contributed by atoms with E-state index in [1.54, 1.807) is 0 Å². The number of H-pyrrole nitrogens is 1. The Morgan fingerprint density at radius 1 is 1.50 bits per heavy atom. The van der Waals surface area contributed by atoms with E-state index in [4.69, 9.17) is 5.73 Å². The van der Waals surface area contributed by atoms with Crippen LogP contribution in [0.2, 0.25) is 0 Å². The van der Waals surface area contributed by atoms with Crippen LogP contribution in [-0.2, 0) is 11.3 Å². The minimum atomic E-state index is -5.06. The summed E-state index contributed by atoms with van der Waals surface area (Å²) >= 11 is 0. The molecular weight excluding hydrogens is 257 g/mol. The molecule has 0 aliphatic heterocycles. The number of carbonyl (C=O) groups is 1. The first-order valence-corrected chi connectivity index (χ1v) is 4.58. The van der Waals surface area contributed by atoms with Crippen LogP contribution in [0.3, 0.4) is 0 Å². The monoisotopic (exact) mass is 266 g/mol.